The van der Waals surface area contributed by atoms with E-state index in [2.05, 4.69) is 36.2 Å². The van der Waals surface area contributed by atoms with Crippen LogP contribution >= 0.6 is 23.2 Å². The minimum atomic E-state index is -3.49. The minimum absolute atomic E-state index is 0.0237. The predicted octanol–water partition coefficient (Wildman–Crippen LogP) is 4.70. The standard InChI is InChI=1S/C24H31Cl2N3O3S/c1-3-28(4-2)21-8-5-18(6-9-21)16-27-24(30)20-11-13-29(14-12-20)33(31,32)17-19-7-10-22(25)23(26)15-19/h5-10,15,20H,3-4,11-14,16-17H2,1-2H3,(H,27,30). The summed E-state index contributed by atoms with van der Waals surface area (Å²) in [4.78, 5) is 14.9. The van der Waals surface area contributed by atoms with Crippen molar-refractivity contribution in [2.45, 2.75) is 39.0 Å². The monoisotopic (exact) mass is 511 g/mol. The number of sulfonamides is 1. The average molecular weight is 513 g/mol. The fourth-order valence-corrected chi connectivity index (χ4v) is 5.95. The van der Waals surface area contributed by atoms with E-state index in [1.54, 1.807) is 18.2 Å². The summed E-state index contributed by atoms with van der Waals surface area (Å²) in [6.45, 7) is 7.29. The molecule has 33 heavy (non-hydrogen) atoms. The van der Waals surface area contributed by atoms with Crippen LogP contribution in [0.5, 0.6) is 0 Å². The van der Waals surface area contributed by atoms with Gasteiger partial charge in [0.1, 0.15) is 0 Å². The fraction of sp³-hybridized carbons (Fsp3) is 0.458. The molecule has 1 fully saturated rings. The number of anilines is 1. The Morgan fingerprint density at radius 2 is 1.61 bits per heavy atom. The maximum atomic E-state index is 12.8. The van der Waals surface area contributed by atoms with Crippen LogP contribution in [0.4, 0.5) is 5.69 Å². The number of benzene rings is 2. The van der Waals surface area contributed by atoms with Gasteiger partial charge in [0, 0.05) is 44.3 Å². The van der Waals surface area contributed by atoms with Gasteiger partial charge in [-0.3, -0.25) is 4.79 Å². The van der Waals surface area contributed by atoms with E-state index in [4.69, 9.17) is 23.2 Å². The summed E-state index contributed by atoms with van der Waals surface area (Å²) in [6.07, 6.45) is 1.01. The largest absolute Gasteiger partial charge is 0.372 e. The first-order valence-electron chi connectivity index (χ1n) is 11.3. The average Bonchev–Trinajstić information content (AvgIpc) is 2.81. The number of nitrogens with one attached hydrogen (secondary N) is 1. The highest BCUT2D eigenvalue weighted by Crippen LogP contribution is 2.26. The number of nitrogens with zero attached hydrogens (tertiary/aromatic N) is 2. The van der Waals surface area contributed by atoms with Gasteiger partial charge in [-0.05, 0) is 62.1 Å². The zero-order chi connectivity index (χ0) is 24.0. The second-order valence-electron chi connectivity index (χ2n) is 8.23. The summed E-state index contributed by atoms with van der Waals surface area (Å²) in [5, 5.41) is 3.73. The molecule has 180 valence electrons. The van der Waals surface area contributed by atoms with Crippen LogP contribution < -0.4 is 10.2 Å². The molecular weight excluding hydrogens is 481 g/mol. The van der Waals surface area contributed by atoms with E-state index in [0.29, 0.717) is 48.1 Å². The van der Waals surface area contributed by atoms with Crippen LogP contribution in [0, 0.1) is 5.92 Å². The van der Waals surface area contributed by atoms with Crippen molar-refractivity contribution in [3.05, 3.63) is 63.6 Å². The Hall–Kier alpha value is -1.80. The van der Waals surface area contributed by atoms with E-state index < -0.39 is 10.0 Å². The smallest absolute Gasteiger partial charge is 0.223 e. The molecule has 1 amide bonds. The van der Waals surface area contributed by atoms with Crippen molar-refractivity contribution in [2.75, 3.05) is 31.1 Å². The molecule has 1 heterocycles. The van der Waals surface area contributed by atoms with Crippen molar-refractivity contribution in [2.24, 2.45) is 5.92 Å². The van der Waals surface area contributed by atoms with Crippen LogP contribution in [0.3, 0.4) is 0 Å². The lowest BCUT2D eigenvalue weighted by Crippen LogP contribution is -2.43. The summed E-state index contributed by atoms with van der Waals surface area (Å²) in [5.74, 6) is -0.342. The molecule has 6 nitrogen and oxygen atoms in total. The quantitative estimate of drug-likeness (QED) is 0.529. The van der Waals surface area contributed by atoms with Crippen LogP contribution in [0.15, 0.2) is 42.5 Å². The number of amides is 1. The van der Waals surface area contributed by atoms with E-state index in [1.165, 1.54) is 9.99 Å². The molecule has 0 aromatic heterocycles. The maximum Gasteiger partial charge on any atom is 0.223 e. The normalized spacial score (nSPS) is 15.4. The number of carbonyl (C=O) groups is 1. The summed E-state index contributed by atoms with van der Waals surface area (Å²) in [5.41, 5.74) is 2.81. The topological polar surface area (TPSA) is 69.7 Å². The molecular formula is C24H31Cl2N3O3S. The molecule has 0 saturated carbocycles. The molecule has 1 saturated heterocycles. The first-order valence-corrected chi connectivity index (χ1v) is 13.6. The van der Waals surface area contributed by atoms with E-state index >= 15 is 0 Å². The summed E-state index contributed by atoms with van der Waals surface area (Å²) < 4.78 is 27.1. The van der Waals surface area contributed by atoms with Gasteiger partial charge in [-0.15, -0.1) is 0 Å². The molecule has 0 radical (unpaired) electrons. The second-order valence-corrected chi connectivity index (χ2v) is 11.0. The molecule has 0 unspecified atom stereocenters. The third-order valence-corrected chi connectivity index (χ3v) is 8.67. The molecule has 0 bridgehead atoms. The van der Waals surface area contributed by atoms with Crippen LogP contribution in [-0.2, 0) is 27.1 Å². The van der Waals surface area contributed by atoms with E-state index in [0.717, 1.165) is 18.7 Å². The predicted molar refractivity (Wildman–Crippen MR) is 135 cm³/mol. The highest BCUT2D eigenvalue weighted by molar-refractivity contribution is 7.88. The van der Waals surface area contributed by atoms with Crippen LogP contribution in [0.2, 0.25) is 10.0 Å². The molecule has 3 rings (SSSR count). The van der Waals surface area contributed by atoms with Gasteiger partial charge < -0.3 is 10.2 Å². The maximum absolute atomic E-state index is 12.8. The molecule has 9 heteroatoms. The van der Waals surface area contributed by atoms with Crippen LogP contribution in [-0.4, -0.2) is 44.8 Å². The van der Waals surface area contributed by atoms with Gasteiger partial charge in [-0.25, -0.2) is 12.7 Å². The van der Waals surface area contributed by atoms with Crippen molar-refractivity contribution in [1.29, 1.82) is 0 Å². The third kappa shape index (κ3) is 6.85. The number of rotatable bonds is 9. The zero-order valence-corrected chi connectivity index (χ0v) is 21.4. The van der Waals surface area contributed by atoms with Crippen molar-refractivity contribution in [1.82, 2.24) is 9.62 Å². The van der Waals surface area contributed by atoms with Crippen molar-refractivity contribution >= 4 is 44.8 Å². The lowest BCUT2D eigenvalue weighted by Gasteiger charge is -2.30. The molecule has 2 aromatic rings. The molecule has 0 aliphatic carbocycles. The van der Waals surface area contributed by atoms with Gasteiger partial charge in [-0.1, -0.05) is 41.4 Å². The Labute approximate surface area is 206 Å². The summed E-state index contributed by atoms with van der Waals surface area (Å²) >= 11 is 11.9. The number of hydrogen-bond donors (Lipinski definition) is 1. The number of halogens is 2. The summed E-state index contributed by atoms with van der Waals surface area (Å²) in [7, 11) is -3.49. The van der Waals surface area contributed by atoms with Crippen LogP contribution in [0.1, 0.15) is 37.8 Å². The van der Waals surface area contributed by atoms with Gasteiger partial charge in [0.15, 0.2) is 0 Å². The Bertz CT molecular complexity index is 1050. The van der Waals surface area contributed by atoms with Gasteiger partial charge >= 0.3 is 0 Å². The van der Waals surface area contributed by atoms with Gasteiger partial charge in [0.25, 0.3) is 0 Å². The molecule has 1 aliphatic rings. The molecule has 1 N–H and O–H groups in total. The Kier molecular flexibility index (Phi) is 9.04. The Morgan fingerprint density at radius 1 is 1.00 bits per heavy atom. The van der Waals surface area contributed by atoms with Gasteiger partial charge in [-0.2, -0.15) is 0 Å². The summed E-state index contributed by atoms with van der Waals surface area (Å²) in [6, 6.07) is 13.1. The lowest BCUT2D eigenvalue weighted by molar-refractivity contribution is -0.126. The first kappa shape index (κ1) is 25.8. The third-order valence-electron chi connectivity index (χ3n) is 6.08. The van der Waals surface area contributed by atoms with E-state index in [1.807, 2.05) is 12.1 Å². The number of piperidine rings is 1. The molecule has 2 aromatic carbocycles. The fourth-order valence-electron chi connectivity index (χ4n) is 4.07. The second kappa shape index (κ2) is 11.6. The van der Waals surface area contributed by atoms with Gasteiger partial charge in [0.2, 0.25) is 15.9 Å². The minimum Gasteiger partial charge on any atom is -0.372 e. The van der Waals surface area contributed by atoms with E-state index in [-0.39, 0.29) is 17.6 Å². The van der Waals surface area contributed by atoms with Crippen LogP contribution in [0.25, 0.3) is 0 Å². The zero-order valence-electron chi connectivity index (χ0n) is 19.1. The highest BCUT2D eigenvalue weighted by atomic mass is 35.5. The molecule has 1 aliphatic heterocycles. The Morgan fingerprint density at radius 3 is 2.18 bits per heavy atom. The SMILES string of the molecule is CCN(CC)c1ccc(CNC(=O)C2CCN(S(=O)(=O)Cc3ccc(Cl)c(Cl)c3)CC2)cc1. The Balaban J connectivity index is 1.48. The molecule has 0 atom stereocenters. The number of carbonyl (C=O) groups excluding carboxylic acids is 1. The van der Waals surface area contributed by atoms with Crippen molar-refractivity contribution < 1.29 is 13.2 Å². The highest BCUT2D eigenvalue weighted by Gasteiger charge is 2.31. The lowest BCUT2D eigenvalue weighted by atomic mass is 9.97. The van der Waals surface area contributed by atoms with Crippen molar-refractivity contribution in [3.8, 4) is 0 Å². The first-order chi connectivity index (χ1) is 15.7. The number of hydrogen-bond acceptors (Lipinski definition) is 4. The van der Waals surface area contributed by atoms with E-state index in [9.17, 15) is 13.2 Å². The van der Waals surface area contributed by atoms with Gasteiger partial charge in [0.05, 0.1) is 15.8 Å². The molecule has 0 spiro atoms. The van der Waals surface area contributed by atoms with Crippen molar-refractivity contribution in [3.63, 3.8) is 0 Å².